The summed E-state index contributed by atoms with van der Waals surface area (Å²) in [4.78, 5) is 12.8. The van der Waals surface area contributed by atoms with Crippen molar-refractivity contribution in [2.75, 3.05) is 18.5 Å². The molecule has 1 aliphatic rings. The highest BCUT2D eigenvalue weighted by molar-refractivity contribution is 7.80. The fourth-order valence-corrected chi connectivity index (χ4v) is 4.04. The van der Waals surface area contributed by atoms with Crippen molar-refractivity contribution in [1.82, 2.24) is 9.47 Å². The van der Waals surface area contributed by atoms with Crippen LogP contribution < -0.4 is 10.1 Å². The molecule has 8 heteroatoms. The molecule has 1 atom stereocenters. The van der Waals surface area contributed by atoms with Crippen LogP contribution in [0.4, 0.5) is 11.4 Å². The molecule has 1 unspecified atom stereocenters. The van der Waals surface area contributed by atoms with Gasteiger partial charge in [-0.1, -0.05) is 0 Å². The summed E-state index contributed by atoms with van der Waals surface area (Å²) < 4.78 is 7.69. The van der Waals surface area contributed by atoms with E-state index in [9.17, 15) is 10.1 Å². The van der Waals surface area contributed by atoms with E-state index in [1.54, 1.807) is 24.3 Å². The third-order valence-electron chi connectivity index (χ3n) is 5.14. The number of benzene rings is 2. The van der Waals surface area contributed by atoms with Crippen molar-refractivity contribution in [3.05, 3.63) is 88.2 Å². The second-order valence-electron chi connectivity index (χ2n) is 6.96. The van der Waals surface area contributed by atoms with E-state index in [2.05, 4.69) is 20.9 Å². The molecule has 1 aromatic heterocycles. The van der Waals surface area contributed by atoms with Crippen LogP contribution in [0.1, 0.15) is 24.2 Å². The minimum absolute atomic E-state index is 0.0755. The fraction of sp³-hybridized carbons (Fsp3) is 0.227. The second-order valence-corrected chi connectivity index (χ2v) is 7.35. The highest BCUT2D eigenvalue weighted by atomic mass is 32.1. The first-order valence-corrected chi connectivity index (χ1v) is 10.2. The largest absolute Gasteiger partial charge is 0.494 e. The number of nitrogens with zero attached hydrogens (tertiary/aromatic N) is 3. The van der Waals surface area contributed by atoms with Gasteiger partial charge in [-0.15, -0.1) is 0 Å². The molecule has 2 aromatic carbocycles. The Morgan fingerprint density at radius 2 is 1.90 bits per heavy atom. The Bertz CT molecular complexity index is 1050. The van der Waals surface area contributed by atoms with Crippen LogP contribution >= 0.6 is 12.2 Å². The van der Waals surface area contributed by atoms with Crippen molar-refractivity contribution >= 4 is 28.7 Å². The third kappa shape index (κ3) is 3.99. The SMILES string of the molecule is CCOc1ccc(NC(=S)N2CCn3cccc3C2c2ccc([N+](=O)[O-])cc2)cc1. The number of non-ortho nitro benzene ring substituents is 1. The minimum Gasteiger partial charge on any atom is -0.494 e. The van der Waals surface area contributed by atoms with E-state index in [0.717, 1.165) is 35.8 Å². The van der Waals surface area contributed by atoms with E-state index in [-0.39, 0.29) is 16.7 Å². The number of nitro groups is 1. The molecule has 0 saturated heterocycles. The molecule has 0 aliphatic carbocycles. The lowest BCUT2D eigenvalue weighted by atomic mass is 10.00. The van der Waals surface area contributed by atoms with E-state index >= 15 is 0 Å². The summed E-state index contributed by atoms with van der Waals surface area (Å²) in [5.74, 6) is 0.813. The Kier molecular flexibility index (Phi) is 5.67. The van der Waals surface area contributed by atoms with Gasteiger partial charge in [0, 0.05) is 42.8 Å². The Balaban J connectivity index is 1.60. The molecule has 7 nitrogen and oxygen atoms in total. The predicted molar refractivity (Wildman–Crippen MR) is 120 cm³/mol. The van der Waals surface area contributed by atoms with Gasteiger partial charge in [-0.25, -0.2) is 0 Å². The van der Waals surface area contributed by atoms with Crippen LogP contribution in [0.25, 0.3) is 0 Å². The van der Waals surface area contributed by atoms with Crippen molar-refractivity contribution < 1.29 is 9.66 Å². The molecule has 0 bridgehead atoms. The number of hydrogen-bond acceptors (Lipinski definition) is 4. The molecule has 0 fully saturated rings. The number of aromatic nitrogens is 1. The maximum Gasteiger partial charge on any atom is 0.269 e. The van der Waals surface area contributed by atoms with Crippen LogP contribution in [0.2, 0.25) is 0 Å². The van der Waals surface area contributed by atoms with Gasteiger partial charge in [-0.2, -0.15) is 0 Å². The zero-order valence-corrected chi connectivity index (χ0v) is 17.3. The Morgan fingerprint density at radius 1 is 1.17 bits per heavy atom. The van der Waals surface area contributed by atoms with Crippen LogP contribution in [0, 0.1) is 10.1 Å². The van der Waals surface area contributed by atoms with E-state index < -0.39 is 0 Å². The number of rotatable bonds is 5. The number of ether oxygens (including phenoxy) is 1. The van der Waals surface area contributed by atoms with E-state index in [0.29, 0.717) is 11.7 Å². The van der Waals surface area contributed by atoms with Gasteiger partial charge in [-0.05, 0) is 73.2 Å². The second kappa shape index (κ2) is 8.54. The molecule has 2 heterocycles. The average Bonchev–Trinajstić information content (AvgIpc) is 3.23. The molecule has 3 aromatic rings. The van der Waals surface area contributed by atoms with Crippen molar-refractivity contribution in [3.8, 4) is 5.75 Å². The van der Waals surface area contributed by atoms with Crippen molar-refractivity contribution in [3.63, 3.8) is 0 Å². The first-order chi connectivity index (χ1) is 14.6. The summed E-state index contributed by atoms with van der Waals surface area (Å²) in [6.07, 6.45) is 2.05. The quantitative estimate of drug-likeness (QED) is 0.368. The first kappa shape index (κ1) is 19.9. The molecule has 0 radical (unpaired) electrons. The molecule has 154 valence electrons. The van der Waals surface area contributed by atoms with Gasteiger partial charge >= 0.3 is 0 Å². The molecule has 30 heavy (non-hydrogen) atoms. The number of nitro benzene ring substituents is 1. The van der Waals surface area contributed by atoms with Gasteiger partial charge in [0.25, 0.3) is 5.69 Å². The van der Waals surface area contributed by atoms with Gasteiger partial charge in [-0.3, -0.25) is 10.1 Å². The summed E-state index contributed by atoms with van der Waals surface area (Å²) in [5, 5.41) is 15.0. The van der Waals surface area contributed by atoms with Crippen LogP contribution in [0.3, 0.4) is 0 Å². The molecule has 4 rings (SSSR count). The third-order valence-corrected chi connectivity index (χ3v) is 5.47. The van der Waals surface area contributed by atoms with Crippen LogP contribution in [0.15, 0.2) is 66.9 Å². The smallest absolute Gasteiger partial charge is 0.269 e. The summed E-state index contributed by atoms with van der Waals surface area (Å²) in [6.45, 7) is 4.12. The molecular weight excluding hydrogens is 400 g/mol. The molecule has 1 N–H and O–H groups in total. The monoisotopic (exact) mass is 422 g/mol. The summed E-state index contributed by atoms with van der Waals surface area (Å²) in [5.41, 5.74) is 3.01. The lowest BCUT2D eigenvalue weighted by molar-refractivity contribution is -0.384. The Morgan fingerprint density at radius 3 is 2.57 bits per heavy atom. The molecular formula is C22H22N4O3S. The predicted octanol–water partition coefficient (Wildman–Crippen LogP) is 4.60. The zero-order valence-electron chi connectivity index (χ0n) is 16.5. The maximum atomic E-state index is 11.0. The fourth-order valence-electron chi connectivity index (χ4n) is 3.73. The van der Waals surface area contributed by atoms with Crippen LogP contribution in [-0.4, -0.2) is 32.7 Å². The van der Waals surface area contributed by atoms with Gasteiger partial charge in [0.1, 0.15) is 5.75 Å². The summed E-state index contributed by atoms with van der Waals surface area (Å²) in [6, 6.07) is 18.3. The van der Waals surface area contributed by atoms with Gasteiger partial charge in [0.05, 0.1) is 17.6 Å². The van der Waals surface area contributed by atoms with E-state index in [1.807, 2.05) is 43.5 Å². The highest BCUT2D eigenvalue weighted by Crippen LogP contribution is 2.34. The number of thiocarbonyl (C=S) groups is 1. The zero-order chi connectivity index (χ0) is 21.1. The normalized spacial score (nSPS) is 15.4. The topological polar surface area (TPSA) is 72.6 Å². The maximum absolute atomic E-state index is 11.0. The lowest BCUT2D eigenvalue weighted by Crippen LogP contribution is -2.44. The van der Waals surface area contributed by atoms with Gasteiger partial charge in [0.15, 0.2) is 5.11 Å². The number of hydrogen-bond donors (Lipinski definition) is 1. The van der Waals surface area contributed by atoms with Crippen LogP contribution in [-0.2, 0) is 6.54 Å². The number of nitrogens with one attached hydrogen (secondary N) is 1. The van der Waals surface area contributed by atoms with Gasteiger partial charge in [0.2, 0.25) is 0 Å². The molecule has 0 amide bonds. The van der Waals surface area contributed by atoms with E-state index in [4.69, 9.17) is 17.0 Å². The summed E-state index contributed by atoms with van der Waals surface area (Å²) in [7, 11) is 0. The van der Waals surface area contributed by atoms with E-state index in [1.165, 1.54) is 0 Å². The Hall–Kier alpha value is -3.39. The van der Waals surface area contributed by atoms with Crippen molar-refractivity contribution in [2.24, 2.45) is 0 Å². The average molecular weight is 423 g/mol. The van der Waals surface area contributed by atoms with Gasteiger partial charge < -0.3 is 19.5 Å². The molecule has 0 spiro atoms. The number of anilines is 1. The van der Waals surface area contributed by atoms with Crippen LogP contribution in [0.5, 0.6) is 5.75 Å². The van der Waals surface area contributed by atoms with Crippen molar-refractivity contribution in [2.45, 2.75) is 19.5 Å². The standard InChI is InChI=1S/C22H22N4O3S/c1-2-29-19-11-7-17(8-12-19)23-22(30)25-15-14-24-13-3-4-20(24)21(25)16-5-9-18(10-6-16)26(27)28/h3-13,21H,2,14-15H2,1H3,(H,23,30). The molecule has 1 aliphatic heterocycles. The first-order valence-electron chi connectivity index (χ1n) is 9.76. The Labute approximate surface area is 180 Å². The summed E-state index contributed by atoms with van der Waals surface area (Å²) >= 11 is 5.75. The lowest BCUT2D eigenvalue weighted by Gasteiger charge is -2.39. The molecule has 0 saturated carbocycles. The van der Waals surface area contributed by atoms with Crippen molar-refractivity contribution in [1.29, 1.82) is 0 Å². The number of fused-ring (bicyclic) bond motifs is 1. The minimum atomic E-state index is -0.386. The highest BCUT2D eigenvalue weighted by Gasteiger charge is 2.30.